The van der Waals surface area contributed by atoms with Crippen molar-refractivity contribution in [2.75, 3.05) is 0 Å². The van der Waals surface area contributed by atoms with Crippen LogP contribution in [0.5, 0.6) is 0 Å². The Bertz CT molecular complexity index is 100. The molecule has 0 radical (unpaired) electrons. The molecule has 0 aliphatic rings. The molecule has 0 bridgehead atoms. The van der Waals surface area contributed by atoms with Crippen LogP contribution < -0.4 is 0 Å². The van der Waals surface area contributed by atoms with Gasteiger partial charge in [0, 0.05) is 0 Å². The average Bonchev–Trinajstić information content (AvgIpc) is 1.84. The molecular formula is C8H14. The second kappa shape index (κ2) is 3.48. The Labute approximate surface area is 51.9 Å². The third kappa shape index (κ3) is 1.97. The molecule has 0 unspecified atom stereocenters. The topological polar surface area (TPSA) is 0 Å². The van der Waals surface area contributed by atoms with Crippen molar-refractivity contribution in [3.63, 3.8) is 0 Å². The van der Waals surface area contributed by atoms with Crippen LogP contribution >= 0.6 is 0 Å². The van der Waals surface area contributed by atoms with Gasteiger partial charge in [-0.25, -0.2) is 0 Å². The molecule has 0 amide bonds. The molecule has 8 heavy (non-hydrogen) atoms. The molecule has 0 saturated heterocycles. The van der Waals surface area contributed by atoms with Gasteiger partial charge in [-0.1, -0.05) is 23.3 Å². The molecule has 0 rings (SSSR count). The summed E-state index contributed by atoms with van der Waals surface area (Å²) in [7, 11) is 0. The molecule has 0 heterocycles. The van der Waals surface area contributed by atoms with Gasteiger partial charge < -0.3 is 0 Å². The van der Waals surface area contributed by atoms with E-state index in [1.54, 1.807) is 0 Å². The summed E-state index contributed by atoms with van der Waals surface area (Å²) >= 11 is 0. The van der Waals surface area contributed by atoms with E-state index in [2.05, 4.69) is 39.8 Å². The fraction of sp³-hybridized carbons (Fsp3) is 0.500. The van der Waals surface area contributed by atoms with Gasteiger partial charge in [0.2, 0.25) is 0 Å². The molecule has 0 aromatic rings. The van der Waals surface area contributed by atoms with Gasteiger partial charge in [0.05, 0.1) is 0 Å². The molecular weight excluding hydrogens is 96.1 g/mol. The predicted molar refractivity (Wildman–Crippen MR) is 38.9 cm³/mol. The van der Waals surface area contributed by atoms with E-state index >= 15 is 0 Å². The SMILES string of the molecule is C/C=C(C)\C(C)=C/C. The van der Waals surface area contributed by atoms with Crippen LogP contribution in [0.15, 0.2) is 23.3 Å². The van der Waals surface area contributed by atoms with E-state index < -0.39 is 0 Å². The van der Waals surface area contributed by atoms with Gasteiger partial charge in [-0.05, 0) is 27.7 Å². The summed E-state index contributed by atoms with van der Waals surface area (Å²) in [5, 5.41) is 0. The third-order valence-electron chi connectivity index (χ3n) is 1.49. The van der Waals surface area contributed by atoms with Crippen molar-refractivity contribution in [1.82, 2.24) is 0 Å². The highest BCUT2D eigenvalue weighted by molar-refractivity contribution is 5.25. The third-order valence-corrected chi connectivity index (χ3v) is 1.49. The first kappa shape index (κ1) is 7.48. The molecule has 0 heteroatoms. The molecule has 0 aromatic heterocycles. The standard InChI is InChI=1S/C8H14/c1-5-7(3)8(4)6-2/h5-6H,1-4H3/b7-5-,8-6-. The molecule has 0 saturated carbocycles. The molecule has 0 spiro atoms. The highest BCUT2D eigenvalue weighted by Crippen LogP contribution is 2.05. The summed E-state index contributed by atoms with van der Waals surface area (Å²) in [5.41, 5.74) is 2.74. The summed E-state index contributed by atoms with van der Waals surface area (Å²) in [5.74, 6) is 0. The second-order valence-electron chi connectivity index (χ2n) is 1.94. The van der Waals surface area contributed by atoms with Crippen molar-refractivity contribution >= 4 is 0 Å². The largest absolute Gasteiger partial charge is 0.0845 e. The number of allylic oxidation sites excluding steroid dienone is 4. The first-order valence-corrected chi connectivity index (χ1v) is 2.98. The highest BCUT2D eigenvalue weighted by atomic mass is 13.9. The zero-order chi connectivity index (χ0) is 6.57. The molecule has 0 aliphatic carbocycles. The zero-order valence-corrected chi connectivity index (χ0v) is 6.15. The van der Waals surface area contributed by atoms with Crippen LogP contribution in [0.2, 0.25) is 0 Å². The maximum Gasteiger partial charge on any atom is -0.0399 e. The van der Waals surface area contributed by atoms with E-state index in [0.29, 0.717) is 0 Å². The van der Waals surface area contributed by atoms with Crippen LogP contribution in [0.1, 0.15) is 27.7 Å². The molecule has 0 nitrogen and oxygen atoms in total. The summed E-state index contributed by atoms with van der Waals surface area (Å²) in [6.07, 6.45) is 4.24. The van der Waals surface area contributed by atoms with E-state index in [9.17, 15) is 0 Å². The smallest absolute Gasteiger partial charge is 0.0399 e. The predicted octanol–water partition coefficient (Wildman–Crippen LogP) is 2.92. The van der Waals surface area contributed by atoms with Crippen molar-refractivity contribution in [1.29, 1.82) is 0 Å². The van der Waals surface area contributed by atoms with E-state index in [1.165, 1.54) is 11.1 Å². The van der Waals surface area contributed by atoms with E-state index in [-0.39, 0.29) is 0 Å². The lowest BCUT2D eigenvalue weighted by molar-refractivity contribution is 1.31. The van der Waals surface area contributed by atoms with Gasteiger partial charge in [-0.15, -0.1) is 0 Å². The van der Waals surface area contributed by atoms with Gasteiger partial charge in [0.15, 0.2) is 0 Å². The van der Waals surface area contributed by atoms with Gasteiger partial charge in [-0.3, -0.25) is 0 Å². The van der Waals surface area contributed by atoms with Crippen LogP contribution in [0, 0.1) is 0 Å². The first-order valence-electron chi connectivity index (χ1n) is 2.98. The van der Waals surface area contributed by atoms with Gasteiger partial charge in [0.1, 0.15) is 0 Å². The Balaban J connectivity index is 4.04. The lowest BCUT2D eigenvalue weighted by atomic mass is 10.1. The highest BCUT2D eigenvalue weighted by Gasteiger charge is 1.84. The van der Waals surface area contributed by atoms with Crippen molar-refractivity contribution < 1.29 is 0 Å². The average molecular weight is 110 g/mol. The minimum atomic E-state index is 1.37. The summed E-state index contributed by atoms with van der Waals surface area (Å²) in [6, 6.07) is 0. The number of rotatable bonds is 1. The molecule has 0 fully saturated rings. The van der Waals surface area contributed by atoms with Crippen LogP contribution in [-0.4, -0.2) is 0 Å². The van der Waals surface area contributed by atoms with E-state index in [0.717, 1.165) is 0 Å². The lowest BCUT2D eigenvalue weighted by Gasteiger charge is -1.95. The Morgan fingerprint density at radius 3 is 1.25 bits per heavy atom. The zero-order valence-electron chi connectivity index (χ0n) is 6.15. The van der Waals surface area contributed by atoms with E-state index in [4.69, 9.17) is 0 Å². The Kier molecular flexibility index (Phi) is 3.25. The van der Waals surface area contributed by atoms with Crippen molar-refractivity contribution in [3.8, 4) is 0 Å². The number of hydrogen-bond donors (Lipinski definition) is 0. The van der Waals surface area contributed by atoms with E-state index in [1.807, 2.05) is 0 Å². The number of hydrogen-bond acceptors (Lipinski definition) is 0. The van der Waals surface area contributed by atoms with Crippen LogP contribution in [0.25, 0.3) is 0 Å². The van der Waals surface area contributed by atoms with Gasteiger partial charge in [0.25, 0.3) is 0 Å². The normalized spacial score (nSPS) is 14.5. The molecule has 0 atom stereocenters. The maximum atomic E-state index is 2.12. The Morgan fingerprint density at radius 2 is 1.12 bits per heavy atom. The fourth-order valence-electron chi connectivity index (χ4n) is 0.455. The quantitative estimate of drug-likeness (QED) is 0.455. The minimum absolute atomic E-state index is 1.37. The lowest BCUT2D eigenvalue weighted by Crippen LogP contribution is -1.74. The fourth-order valence-corrected chi connectivity index (χ4v) is 0.455. The van der Waals surface area contributed by atoms with Crippen molar-refractivity contribution in [2.45, 2.75) is 27.7 Å². The minimum Gasteiger partial charge on any atom is -0.0845 e. The summed E-state index contributed by atoms with van der Waals surface area (Å²) in [6.45, 7) is 8.36. The molecule has 0 aliphatic heterocycles. The Morgan fingerprint density at radius 1 is 0.875 bits per heavy atom. The molecule has 0 aromatic carbocycles. The van der Waals surface area contributed by atoms with Crippen molar-refractivity contribution in [2.24, 2.45) is 0 Å². The second-order valence-corrected chi connectivity index (χ2v) is 1.94. The van der Waals surface area contributed by atoms with Crippen LogP contribution in [0.3, 0.4) is 0 Å². The van der Waals surface area contributed by atoms with Crippen molar-refractivity contribution in [3.05, 3.63) is 23.3 Å². The molecule has 0 N–H and O–H groups in total. The van der Waals surface area contributed by atoms with Gasteiger partial charge in [-0.2, -0.15) is 0 Å². The maximum absolute atomic E-state index is 2.12. The monoisotopic (exact) mass is 110 g/mol. The summed E-state index contributed by atoms with van der Waals surface area (Å²) in [4.78, 5) is 0. The van der Waals surface area contributed by atoms with Crippen LogP contribution in [-0.2, 0) is 0 Å². The summed E-state index contributed by atoms with van der Waals surface area (Å²) < 4.78 is 0. The Hall–Kier alpha value is -0.520. The van der Waals surface area contributed by atoms with Crippen LogP contribution in [0.4, 0.5) is 0 Å². The van der Waals surface area contributed by atoms with Gasteiger partial charge >= 0.3 is 0 Å². The first-order chi connectivity index (χ1) is 3.72. The molecule has 46 valence electrons.